The van der Waals surface area contributed by atoms with Crippen LogP contribution in [0.5, 0.6) is 0 Å². The number of carbonyl (C=O) groups is 1. The Morgan fingerprint density at radius 3 is 2.26 bits per heavy atom. The van der Waals surface area contributed by atoms with Gasteiger partial charge in [0.05, 0.1) is 5.52 Å². The fourth-order valence-corrected chi connectivity index (χ4v) is 3.51. The Hall–Kier alpha value is -3.33. The van der Waals surface area contributed by atoms with E-state index in [1.54, 1.807) is 0 Å². The van der Waals surface area contributed by atoms with Crippen LogP contribution < -0.4 is 0 Å². The molecule has 0 bridgehead atoms. The van der Waals surface area contributed by atoms with Crippen molar-refractivity contribution in [2.24, 2.45) is 0 Å². The van der Waals surface area contributed by atoms with Crippen LogP contribution in [-0.4, -0.2) is 15.6 Å². The third kappa shape index (κ3) is 3.77. The third-order valence-corrected chi connectivity index (χ3v) is 4.85. The zero-order valence-corrected chi connectivity index (χ0v) is 15.0. The molecule has 134 valence electrons. The first kappa shape index (κ1) is 17.1. The summed E-state index contributed by atoms with van der Waals surface area (Å²) in [6.07, 6.45) is 3.75. The number of carboxylic acid groups (broad SMARTS) is 1. The highest BCUT2D eigenvalue weighted by Crippen LogP contribution is 2.28. The van der Waals surface area contributed by atoms with Gasteiger partial charge in [-0.25, -0.2) is 0 Å². The molecule has 0 saturated heterocycles. The minimum Gasteiger partial charge on any atom is -0.481 e. The predicted molar refractivity (Wildman–Crippen MR) is 108 cm³/mol. The molecule has 1 aromatic heterocycles. The zero-order valence-electron chi connectivity index (χ0n) is 15.0. The topological polar surface area (TPSA) is 42.2 Å². The van der Waals surface area contributed by atoms with Gasteiger partial charge in [0, 0.05) is 23.7 Å². The molecule has 0 aliphatic heterocycles. The van der Waals surface area contributed by atoms with Gasteiger partial charge in [0.15, 0.2) is 0 Å². The molecule has 0 aliphatic rings. The van der Waals surface area contributed by atoms with Crippen LogP contribution in [0.2, 0.25) is 0 Å². The summed E-state index contributed by atoms with van der Waals surface area (Å²) in [4.78, 5) is 10.9. The van der Waals surface area contributed by atoms with Crippen molar-refractivity contribution in [1.82, 2.24) is 4.57 Å². The number of carboxylic acids is 1. The molecule has 27 heavy (non-hydrogen) atoms. The van der Waals surface area contributed by atoms with E-state index < -0.39 is 5.97 Å². The maximum Gasteiger partial charge on any atom is 0.303 e. The van der Waals surface area contributed by atoms with Gasteiger partial charge in [0.25, 0.3) is 0 Å². The summed E-state index contributed by atoms with van der Waals surface area (Å²) < 4.78 is 2.22. The Balaban J connectivity index is 1.81. The first-order chi connectivity index (χ1) is 13.2. The van der Waals surface area contributed by atoms with Crippen LogP contribution in [0.1, 0.15) is 23.1 Å². The first-order valence-electron chi connectivity index (χ1n) is 9.15. The Labute approximate surface area is 158 Å². The van der Waals surface area contributed by atoms with Gasteiger partial charge in [0.2, 0.25) is 0 Å². The average Bonchev–Trinajstić information content (AvgIpc) is 3.06. The Morgan fingerprint density at radius 1 is 0.852 bits per heavy atom. The number of rotatable bonds is 6. The quantitative estimate of drug-likeness (QED) is 0.514. The van der Waals surface area contributed by atoms with Gasteiger partial charge in [-0.1, -0.05) is 54.6 Å². The highest BCUT2D eigenvalue weighted by atomic mass is 16.4. The standard InChI is InChI=1S/C24H21NO2/c26-24(27)14-12-19-11-13-23-22(16-19)20(15-18-7-3-1-4-8-18)17-25(23)21-9-5-2-6-10-21/h1-11,13,16-17H,12,14-15H2,(H,26,27). The zero-order chi connectivity index (χ0) is 18.6. The number of hydrogen-bond donors (Lipinski definition) is 1. The maximum atomic E-state index is 10.9. The summed E-state index contributed by atoms with van der Waals surface area (Å²) >= 11 is 0. The lowest BCUT2D eigenvalue weighted by atomic mass is 10.0. The van der Waals surface area contributed by atoms with E-state index in [0.717, 1.165) is 23.2 Å². The van der Waals surface area contributed by atoms with Crippen molar-refractivity contribution in [2.45, 2.75) is 19.3 Å². The number of benzene rings is 3. The molecule has 3 heteroatoms. The van der Waals surface area contributed by atoms with Gasteiger partial charge in [-0.05, 0) is 53.8 Å². The highest BCUT2D eigenvalue weighted by molar-refractivity contribution is 5.87. The lowest BCUT2D eigenvalue weighted by Crippen LogP contribution is -1.97. The van der Waals surface area contributed by atoms with Crippen molar-refractivity contribution in [3.8, 4) is 5.69 Å². The van der Waals surface area contributed by atoms with Crippen LogP contribution in [0.25, 0.3) is 16.6 Å². The lowest BCUT2D eigenvalue weighted by molar-refractivity contribution is -0.136. The van der Waals surface area contributed by atoms with Gasteiger partial charge in [0.1, 0.15) is 0 Å². The van der Waals surface area contributed by atoms with Crippen LogP contribution in [0.3, 0.4) is 0 Å². The minimum absolute atomic E-state index is 0.152. The number of nitrogens with zero attached hydrogens (tertiary/aromatic N) is 1. The second kappa shape index (κ2) is 7.50. The first-order valence-corrected chi connectivity index (χ1v) is 9.15. The SMILES string of the molecule is O=C(O)CCc1ccc2c(c1)c(Cc1ccccc1)cn2-c1ccccc1. The second-order valence-corrected chi connectivity index (χ2v) is 6.77. The van der Waals surface area contributed by atoms with Crippen LogP contribution in [-0.2, 0) is 17.6 Å². The van der Waals surface area contributed by atoms with E-state index in [2.05, 4.69) is 59.3 Å². The third-order valence-electron chi connectivity index (χ3n) is 4.85. The molecule has 1 N–H and O–H groups in total. The molecule has 0 radical (unpaired) electrons. The van der Waals surface area contributed by atoms with Gasteiger partial charge in [-0.3, -0.25) is 4.79 Å². The van der Waals surface area contributed by atoms with Crippen molar-refractivity contribution in [1.29, 1.82) is 0 Å². The Bertz CT molecular complexity index is 1070. The predicted octanol–water partition coefficient (Wildman–Crippen LogP) is 5.24. The number of aliphatic carboxylic acids is 1. The number of fused-ring (bicyclic) bond motifs is 1. The van der Waals surface area contributed by atoms with Gasteiger partial charge >= 0.3 is 5.97 Å². The maximum absolute atomic E-state index is 10.9. The molecule has 3 aromatic carbocycles. The number of aromatic nitrogens is 1. The number of hydrogen-bond acceptors (Lipinski definition) is 1. The van der Waals surface area contributed by atoms with Crippen molar-refractivity contribution < 1.29 is 9.90 Å². The van der Waals surface area contributed by atoms with Crippen molar-refractivity contribution in [3.05, 3.63) is 102 Å². The van der Waals surface area contributed by atoms with E-state index in [4.69, 9.17) is 5.11 Å². The van der Waals surface area contributed by atoms with E-state index in [1.165, 1.54) is 16.5 Å². The molecule has 0 saturated carbocycles. The molecule has 1 heterocycles. The molecule has 0 spiro atoms. The molecule has 0 amide bonds. The van der Waals surface area contributed by atoms with E-state index in [-0.39, 0.29) is 6.42 Å². The molecule has 0 fully saturated rings. The summed E-state index contributed by atoms with van der Waals surface area (Å²) in [6, 6.07) is 27.0. The summed E-state index contributed by atoms with van der Waals surface area (Å²) in [5, 5.41) is 10.2. The number of para-hydroxylation sites is 1. The highest BCUT2D eigenvalue weighted by Gasteiger charge is 2.12. The normalized spacial score (nSPS) is 11.0. The number of aryl methyl sites for hydroxylation is 1. The van der Waals surface area contributed by atoms with Gasteiger partial charge in [-0.2, -0.15) is 0 Å². The van der Waals surface area contributed by atoms with Crippen molar-refractivity contribution >= 4 is 16.9 Å². The Kier molecular flexibility index (Phi) is 4.75. The molecular formula is C24H21NO2. The second-order valence-electron chi connectivity index (χ2n) is 6.77. The average molecular weight is 355 g/mol. The minimum atomic E-state index is -0.763. The fourth-order valence-electron chi connectivity index (χ4n) is 3.51. The summed E-state index contributed by atoms with van der Waals surface area (Å²) in [5.41, 5.74) is 5.84. The smallest absolute Gasteiger partial charge is 0.303 e. The van der Waals surface area contributed by atoms with Crippen molar-refractivity contribution in [2.75, 3.05) is 0 Å². The molecule has 4 aromatic rings. The van der Waals surface area contributed by atoms with E-state index in [9.17, 15) is 4.79 Å². The molecule has 0 unspecified atom stereocenters. The summed E-state index contributed by atoms with van der Waals surface area (Å²) in [6.45, 7) is 0. The fraction of sp³-hybridized carbons (Fsp3) is 0.125. The molecule has 4 rings (SSSR count). The molecule has 0 atom stereocenters. The van der Waals surface area contributed by atoms with Crippen molar-refractivity contribution in [3.63, 3.8) is 0 Å². The molecular weight excluding hydrogens is 334 g/mol. The van der Waals surface area contributed by atoms with Crippen LogP contribution in [0.15, 0.2) is 85.1 Å². The summed E-state index contributed by atoms with van der Waals surface area (Å²) in [7, 11) is 0. The van der Waals surface area contributed by atoms with Crippen LogP contribution in [0.4, 0.5) is 0 Å². The van der Waals surface area contributed by atoms with Crippen LogP contribution in [0, 0.1) is 0 Å². The van der Waals surface area contributed by atoms with E-state index in [0.29, 0.717) is 6.42 Å². The summed E-state index contributed by atoms with van der Waals surface area (Å²) in [5.74, 6) is -0.763. The largest absolute Gasteiger partial charge is 0.481 e. The molecule has 0 aliphatic carbocycles. The van der Waals surface area contributed by atoms with E-state index >= 15 is 0 Å². The Morgan fingerprint density at radius 2 is 1.56 bits per heavy atom. The molecule has 3 nitrogen and oxygen atoms in total. The monoisotopic (exact) mass is 355 g/mol. The van der Waals surface area contributed by atoms with Gasteiger partial charge in [-0.15, -0.1) is 0 Å². The van der Waals surface area contributed by atoms with Crippen LogP contribution >= 0.6 is 0 Å². The van der Waals surface area contributed by atoms with Gasteiger partial charge < -0.3 is 9.67 Å². The van der Waals surface area contributed by atoms with E-state index in [1.807, 2.05) is 30.3 Å². The lowest BCUT2D eigenvalue weighted by Gasteiger charge is -2.06.